The molecule has 4 nitrogen and oxygen atoms in total. The van der Waals surface area contributed by atoms with E-state index in [1.807, 2.05) is 0 Å². The van der Waals surface area contributed by atoms with Crippen molar-refractivity contribution < 1.29 is 22.8 Å². The molecule has 0 fully saturated rings. The highest BCUT2D eigenvalue weighted by Gasteiger charge is 2.12. The van der Waals surface area contributed by atoms with Gasteiger partial charge < -0.3 is 9.26 Å². The molecule has 0 bridgehead atoms. The van der Waals surface area contributed by atoms with Crippen LogP contribution in [0.1, 0.15) is 11.3 Å². The maximum atomic E-state index is 13.7. The topological polar surface area (TPSA) is 52.3 Å². The quantitative estimate of drug-likeness (QED) is 0.666. The lowest BCUT2D eigenvalue weighted by Crippen LogP contribution is -2.08. The molecule has 1 heterocycles. The molecule has 1 aromatic heterocycles. The van der Waals surface area contributed by atoms with Crippen molar-refractivity contribution in [3.63, 3.8) is 0 Å². The molecule has 6 heteroatoms. The molecule has 0 amide bonds. The van der Waals surface area contributed by atoms with Crippen LogP contribution in [0.2, 0.25) is 0 Å². The average molecular weight is 329 g/mol. The predicted octanol–water partition coefficient (Wildman–Crippen LogP) is 3.91. The molecule has 3 aromatic rings. The van der Waals surface area contributed by atoms with Crippen LogP contribution in [0.25, 0.3) is 11.3 Å². The highest BCUT2D eigenvalue weighted by Crippen LogP contribution is 2.23. The lowest BCUT2D eigenvalue weighted by atomic mass is 10.1. The van der Waals surface area contributed by atoms with Crippen LogP contribution >= 0.6 is 0 Å². The van der Waals surface area contributed by atoms with Crippen LogP contribution in [-0.2, 0) is 22.6 Å². The smallest absolute Gasteiger partial charge is 0.310 e. The second-order valence-corrected chi connectivity index (χ2v) is 5.13. The summed E-state index contributed by atoms with van der Waals surface area (Å²) in [5.74, 6) is -1.00. The minimum atomic E-state index is -0.475. The Hall–Kier alpha value is -3.02. The summed E-state index contributed by atoms with van der Waals surface area (Å²) in [6, 6.07) is 13.3. The summed E-state index contributed by atoms with van der Waals surface area (Å²) in [4.78, 5) is 11.8. The van der Waals surface area contributed by atoms with E-state index >= 15 is 0 Å². The molecule has 2 aromatic carbocycles. The molecule has 0 aliphatic carbocycles. The highest BCUT2D eigenvalue weighted by molar-refractivity contribution is 5.72. The van der Waals surface area contributed by atoms with Gasteiger partial charge in [-0.1, -0.05) is 29.4 Å². The van der Waals surface area contributed by atoms with Crippen molar-refractivity contribution in [2.75, 3.05) is 0 Å². The molecule has 0 saturated carbocycles. The Morgan fingerprint density at radius 1 is 1.08 bits per heavy atom. The third kappa shape index (κ3) is 3.84. The highest BCUT2D eigenvalue weighted by atomic mass is 19.1. The Morgan fingerprint density at radius 3 is 2.58 bits per heavy atom. The van der Waals surface area contributed by atoms with E-state index in [-0.39, 0.29) is 30.2 Å². The fraction of sp³-hybridized carbons (Fsp3) is 0.111. The Balaban J connectivity index is 1.58. The van der Waals surface area contributed by atoms with E-state index in [9.17, 15) is 13.6 Å². The first kappa shape index (κ1) is 15.9. The van der Waals surface area contributed by atoms with Gasteiger partial charge in [0.05, 0.1) is 12.0 Å². The predicted molar refractivity (Wildman–Crippen MR) is 81.8 cm³/mol. The average Bonchev–Trinajstić information content (AvgIpc) is 3.04. The SMILES string of the molecule is O=C(Cc1ccc(F)cc1)OCc1cc(-c2ccccc2F)on1. The number of halogens is 2. The Morgan fingerprint density at radius 2 is 1.83 bits per heavy atom. The van der Waals surface area contributed by atoms with Gasteiger partial charge in [-0.25, -0.2) is 8.78 Å². The van der Waals surface area contributed by atoms with Gasteiger partial charge in [0.1, 0.15) is 23.9 Å². The van der Waals surface area contributed by atoms with Crippen molar-refractivity contribution in [1.82, 2.24) is 5.16 Å². The maximum absolute atomic E-state index is 13.7. The number of hydrogen-bond acceptors (Lipinski definition) is 4. The first-order valence-electron chi connectivity index (χ1n) is 7.22. The van der Waals surface area contributed by atoms with Gasteiger partial charge >= 0.3 is 5.97 Å². The van der Waals surface area contributed by atoms with E-state index in [0.717, 1.165) is 0 Å². The molecular weight excluding hydrogens is 316 g/mol. The van der Waals surface area contributed by atoms with Gasteiger partial charge in [-0.2, -0.15) is 0 Å². The number of ether oxygens (including phenoxy) is 1. The molecule has 0 radical (unpaired) electrons. The number of rotatable bonds is 5. The molecule has 0 spiro atoms. The Kier molecular flexibility index (Phi) is 4.65. The normalized spacial score (nSPS) is 10.6. The number of carbonyl (C=O) groups excluding carboxylic acids is 1. The summed E-state index contributed by atoms with van der Waals surface area (Å²) < 4.78 is 36.6. The molecule has 0 aliphatic heterocycles. The van der Waals surface area contributed by atoms with Crippen LogP contribution in [0.4, 0.5) is 8.78 Å². The minimum absolute atomic E-state index is 0.0261. The molecule has 0 saturated heterocycles. The summed E-state index contributed by atoms with van der Waals surface area (Å²) in [5.41, 5.74) is 1.31. The lowest BCUT2D eigenvalue weighted by molar-refractivity contribution is -0.144. The molecule has 24 heavy (non-hydrogen) atoms. The van der Waals surface area contributed by atoms with E-state index < -0.39 is 11.8 Å². The Labute approximate surface area is 136 Å². The zero-order valence-electron chi connectivity index (χ0n) is 12.5. The van der Waals surface area contributed by atoms with Crippen molar-refractivity contribution in [3.8, 4) is 11.3 Å². The van der Waals surface area contributed by atoms with Crippen LogP contribution in [0.5, 0.6) is 0 Å². The number of hydrogen-bond donors (Lipinski definition) is 0. The van der Waals surface area contributed by atoms with Crippen molar-refractivity contribution in [2.24, 2.45) is 0 Å². The van der Waals surface area contributed by atoms with Crippen LogP contribution in [0.15, 0.2) is 59.1 Å². The first-order chi connectivity index (χ1) is 11.6. The van der Waals surface area contributed by atoms with Crippen LogP contribution in [0, 0.1) is 11.6 Å². The van der Waals surface area contributed by atoms with E-state index in [4.69, 9.17) is 9.26 Å². The third-order valence-corrected chi connectivity index (χ3v) is 3.34. The molecule has 0 aliphatic rings. The summed E-state index contributed by atoms with van der Waals surface area (Å²) in [6.45, 7) is -0.0853. The van der Waals surface area contributed by atoms with E-state index in [2.05, 4.69) is 5.16 Å². The molecular formula is C18H13F2NO3. The molecule has 3 rings (SSSR count). The van der Waals surface area contributed by atoms with Crippen molar-refractivity contribution in [2.45, 2.75) is 13.0 Å². The largest absolute Gasteiger partial charge is 0.459 e. The van der Waals surface area contributed by atoms with Crippen molar-refractivity contribution in [1.29, 1.82) is 0 Å². The summed E-state index contributed by atoms with van der Waals surface area (Å²) in [6.07, 6.45) is 0.0261. The van der Waals surface area contributed by atoms with E-state index in [0.29, 0.717) is 11.3 Å². The van der Waals surface area contributed by atoms with Gasteiger partial charge in [0.15, 0.2) is 5.76 Å². The number of esters is 1. The first-order valence-corrected chi connectivity index (χ1v) is 7.22. The van der Waals surface area contributed by atoms with Crippen LogP contribution in [-0.4, -0.2) is 11.1 Å². The zero-order chi connectivity index (χ0) is 16.9. The standard InChI is InChI=1S/C18H13F2NO3/c19-13-7-5-12(6-8-13)9-18(22)23-11-14-10-17(24-21-14)15-3-1-2-4-16(15)20/h1-8,10H,9,11H2. The summed E-state index contributed by atoms with van der Waals surface area (Å²) >= 11 is 0. The van der Waals surface area contributed by atoms with Gasteiger partial charge in [-0.05, 0) is 29.8 Å². The van der Waals surface area contributed by atoms with Gasteiger partial charge in [-0.15, -0.1) is 0 Å². The van der Waals surface area contributed by atoms with E-state index in [1.165, 1.54) is 36.4 Å². The Bertz CT molecular complexity index is 843. The van der Waals surface area contributed by atoms with Crippen LogP contribution in [0.3, 0.4) is 0 Å². The number of nitrogens with zero attached hydrogens (tertiary/aromatic N) is 1. The van der Waals surface area contributed by atoms with Gasteiger partial charge in [0.25, 0.3) is 0 Å². The monoisotopic (exact) mass is 329 g/mol. The number of carbonyl (C=O) groups is 1. The minimum Gasteiger partial charge on any atom is -0.459 e. The summed E-state index contributed by atoms with van der Waals surface area (Å²) in [7, 11) is 0. The maximum Gasteiger partial charge on any atom is 0.310 e. The van der Waals surface area contributed by atoms with Gasteiger partial charge in [0.2, 0.25) is 0 Å². The molecule has 0 N–H and O–H groups in total. The molecule has 0 atom stereocenters. The second kappa shape index (κ2) is 7.04. The fourth-order valence-corrected chi connectivity index (χ4v) is 2.14. The van der Waals surface area contributed by atoms with Gasteiger partial charge in [-0.3, -0.25) is 4.79 Å². The molecule has 122 valence electrons. The van der Waals surface area contributed by atoms with Crippen molar-refractivity contribution in [3.05, 3.63) is 77.5 Å². The van der Waals surface area contributed by atoms with Crippen LogP contribution < -0.4 is 0 Å². The summed E-state index contributed by atoms with van der Waals surface area (Å²) in [5, 5.41) is 3.76. The zero-order valence-corrected chi connectivity index (χ0v) is 12.5. The molecule has 0 unspecified atom stereocenters. The fourth-order valence-electron chi connectivity index (χ4n) is 2.14. The second-order valence-electron chi connectivity index (χ2n) is 5.13. The van der Waals surface area contributed by atoms with E-state index in [1.54, 1.807) is 18.2 Å². The van der Waals surface area contributed by atoms with Crippen molar-refractivity contribution >= 4 is 5.97 Å². The number of benzene rings is 2. The lowest BCUT2D eigenvalue weighted by Gasteiger charge is -2.02. The number of aromatic nitrogens is 1. The third-order valence-electron chi connectivity index (χ3n) is 3.34. The van der Waals surface area contributed by atoms with Gasteiger partial charge in [0, 0.05) is 6.07 Å².